The van der Waals surface area contributed by atoms with Gasteiger partial charge in [-0.3, -0.25) is 9.89 Å². The van der Waals surface area contributed by atoms with Gasteiger partial charge in [0.25, 0.3) is 0 Å². The molecule has 0 aromatic carbocycles. The van der Waals surface area contributed by atoms with E-state index < -0.39 is 23.9 Å². The van der Waals surface area contributed by atoms with Gasteiger partial charge in [-0.1, -0.05) is 12.8 Å². The summed E-state index contributed by atoms with van der Waals surface area (Å²) >= 11 is 5.18. The van der Waals surface area contributed by atoms with Crippen LogP contribution in [0.4, 0.5) is 13.2 Å². The van der Waals surface area contributed by atoms with Gasteiger partial charge in [0.2, 0.25) is 5.91 Å². The van der Waals surface area contributed by atoms with Crippen LogP contribution < -0.4 is 5.32 Å². The first-order chi connectivity index (χ1) is 11.4. The van der Waals surface area contributed by atoms with Crippen LogP contribution in [0, 0.1) is 16.6 Å². The molecule has 1 aromatic rings. The lowest BCUT2D eigenvalue weighted by Gasteiger charge is -2.32. The number of hydrogen-bond donors (Lipinski definition) is 2. The third-order valence-electron chi connectivity index (χ3n) is 4.89. The third kappa shape index (κ3) is 3.81. The van der Waals surface area contributed by atoms with Crippen LogP contribution in [-0.4, -0.2) is 33.4 Å². The zero-order valence-corrected chi connectivity index (χ0v) is 14.1. The van der Waals surface area contributed by atoms with Crippen LogP contribution >= 0.6 is 12.2 Å². The molecule has 5 nitrogen and oxygen atoms in total. The van der Waals surface area contributed by atoms with E-state index in [4.69, 9.17) is 12.2 Å². The average molecular weight is 362 g/mol. The molecule has 0 aliphatic heterocycles. The highest BCUT2D eigenvalue weighted by Gasteiger charge is 2.47. The van der Waals surface area contributed by atoms with Crippen molar-refractivity contribution < 1.29 is 18.0 Å². The highest BCUT2D eigenvalue weighted by atomic mass is 32.1. The van der Waals surface area contributed by atoms with E-state index in [1.165, 1.54) is 0 Å². The molecule has 9 heteroatoms. The third-order valence-corrected chi connectivity index (χ3v) is 5.20. The number of carbonyl (C=O) groups excluding carboxylic acids is 1. The van der Waals surface area contributed by atoms with Gasteiger partial charge in [0.05, 0.1) is 5.92 Å². The Balaban J connectivity index is 1.57. The fourth-order valence-electron chi connectivity index (χ4n) is 3.46. The Labute approximate surface area is 143 Å². The zero-order chi connectivity index (χ0) is 17.3. The molecule has 2 saturated carbocycles. The number of hydrogen-bond acceptors (Lipinski definition) is 3. The Morgan fingerprint density at radius 3 is 2.67 bits per heavy atom. The maximum Gasteiger partial charge on any atom is 0.392 e. The topological polar surface area (TPSA) is 62.7 Å². The molecule has 2 N–H and O–H groups in total. The minimum absolute atomic E-state index is 0.0419. The summed E-state index contributed by atoms with van der Waals surface area (Å²) in [6.07, 6.45) is -0.627. The molecular weight excluding hydrogens is 341 g/mol. The van der Waals surface area contributed by atoms with Crippen molar-refractivity contribution in [1.29, 1.82) is 0 Å². The summed E-state index contributed by atoms with van der Waals surface area (Å²) in [5.41, 5.74) is 0. The summed E-state index contributed by atoms with van der Waals surface area (Å²) in [5, 5.41) is 9.59. The van der Waals surface area contributed by atoms with E-state index in [0.29, 0.717) is 36.5 Å². The Kier molecular flexibility index (Phi) is 4.98. The first-order valence-electron chi connectivity index (χ1n) is 8.37. The van der Waals surface area contributed by atoms with Gasteiger partial charge in [0.1, 0.15) is 5.82 Å². The Bertz CT molecular complexity index is 650. The molecule has 2 atom stereocenters. The smallest absolute Gasteiger partial charge is 0.354 e. The number of alkyl halides is 3. The van der Waals surface area contributed by atoms with Crippen LogP contribution in [0.2, 0.25) is 0 Å². The number of rotatable bonds is 5. The quantitative estimate of drug-likeness (QED) is 0.790. The van der Waals surface area contributed by atoms with Gasteiger partial charge >= 0.3 is 6.18 Å². The molecule has 2 aliphatic carbocycles. The minimum atomic E-state index is -4.31. The molecule has 0 saturated heterocycles. The number of amides is 1. The highest BCUT2D eigenvalue weighted by Crippen LogP contribution is 2.41. The number of halogens is 3. The maximum atomic E-state index is 13.1. The summed E-state index contributed by atoms with van der Waals surface area (Å²) in [6.45, 7) is 0.684. The summed E-state index contributed by atoms with van der Waals surface area (Å²) in [5.74, 6) is -1.72. The molecule has 2 fully saturated rings. The highest BCUT2D eigenvalue weighted by molar-refractivity contribution is 7.71. The van der Waals surface area contributed by atoms with Crippen LogP contribution in [0.25, 0.3) is 0 Å². The van der Waals surface area contributed by atoms with Gasteiger partial charge in [-0.15, -0.1) is 0 Å². The van der Waals surface area contributed by atoms with Crippen molar-refractivity contribution in [2.24, 2.45) is 11.8 Å². The van der Waals surface area contributed by atoms with Crippen molar-refractivity contribution in [3.63, 3.8) is 0 Å². The number of nitrogens with zero attached hydrogens (tertiary/aromatic N) is 2. The number of aromatic amines is 1. The molecule has 134 valence electrons. The minimum Gasteiger partial charge on any atom is -0.354 e. The second-order valence-electron chi connectivity index (χ2n) is 6.64. The molecule has 24 heavy (non-hydrogen) atoms. The number of nitrogens with one attached hydrogen (secondary N) is 2. The summed E-state index contributed by atoms with van der Waals surface area (Å²) in [4.78, 5) is 12.2. The second-order valence-corrected chi connectivity index (χ2v) is 7.03. The lowest BCUT2D eigenvalue weighted by atomic mass is 9.78. The van der Waals surface area contributed by atoms with Gasteiger partial charge < -0.3 is 9.88 Å². The molecule has 0 unspecified atom stereocenters. The van der Waals surface area contributed by atoms with Gasteiger partial charge in [-0.25, -0.2) is 0 Å². The molecule has 1 heterocycles. The molecule has 0 radical (unpaired) electrons. The summed E-state index contributed by atoms with van der Waals surface area (Å²) in [6, 6.07) is 0. The maximum absolute atomic E-state index is 13.1. The number of aromatic nitrogens is 3. The molecule has 0 bridgehead atoms. The summed E-state index contributed by atoms with van der Waals surface area (Å²) in [7, 11) is 0. The van der Waals surface area contributed by atoms with Crippen molar-refractivity contribution in [3.8, 4) is 0 Å². The number of H-pyrrole nitrogens is 1. The van der Waals surface area contributed by atoms with Crippen molar-refractivity contribution >= 4 is 18.1 Å². The lowest BCUT2D eigenvalue weighted by Crippen LogP contribution is -2.43. The SMILES string of the molecule is O=C(NCCn1c(C2CC2)n[nH]c1=S)[C@@H]1CCCC[C@H]1C(F)(F)F. The van der Waals surface area contributed by atoms with E-state index in [1.807, 2.05) is 4.57 Å². The van der Waals surface area contributed by atoms with Crippen molar-refractivity contribution in [2.45, 2.75) is 57.2 Å². The van der Waals surface area contributed by atoms with Crippen molar-refractivity contribution in [3.05, 3.63) is 10.6 Å². The monoisotopic (exact) mass is 362 g/mol. The lowest BCUT2D eigenvalue weighted by molar-refractivity contribution is -0.198. The van der Waals surface area contributed by atoms with Crippen molar-refractivity contribution in [2.75, 3.05) is 6.54 Å². The Morgan fingerprint density at radius 2 is 2.00 bits per heavy atom. The number of carbonyl (C=O) groups is 1. The first kappa shape index (κ1) is 17.4. The molecule has 3 rings (SSSR count). The molecule has 1 amide bonds. The molecule has 0 spiro atoms. The van der Waals surface area contributed by atoms with Crippen LogP contribution in [0.3, 0.4) is 0 Å². The largest absolute Gasteiger partial charge is 0.392 e. The van der Waals surface area contributed by atoms with Gasteiger partial charge in [-0.05, 0) is 37.9 Å². The van der Waals surface area contributed by atoms with Crippen LogP contribution in [0.5, 0.6) is 0 Å². The van der Waals surface area contributed by atoms with Crippen LogP contribution in [0.15, 0.2) is 0 Å². The van der Waals surface area contributed by atoms with E-state index in [0.717, 1.165) is 18.7 Å². The normalized spacial score (nSPS) is 24.8. The Morgan fingerprint density at radius 1 is 1.29 bits per heavy atom. The van der Waals surface area contributed by atoms with Crippen LogP contribution in [0.1, 0.15) is 50.3 Å². The van der Waals surface area contributed by atoms with E-state index in [9.17, 15) is 18.0 Å². The van der Waals surface area contributed by atoms with Gasteiger partial charge in [-0.2, -0.15) is 18.3 Å². The van der Waals surface area contributed by atoms with E-state index in [-0.39, 0.29) is 13.0 Å². The fourth-order valence-corrected chi connectivity index (χ4v) is 3.69. The predicted molar refractivity (Wildman–Crippen MR) is 83.9 cm³/mol. The van der Waals surface area contributed by atoms with Gasteiger partial charge in [0, 0.05) is 24.9 Å². The fraction of sp³-hybridized carbons (Fsp3) is 0.800. The standard InChI is InChI=1S/C15H21F3N4OS/c16-15(17,18)11-4-2-1-3-10(11)13(23)19-7-8-22-12(9-5-6-9)20-21-14(22)24/h9-11H,1-8H2,(H,19,23)(H,21,24)/t10-,11-/m1/s1. The molecule has 1 aromatic heterocycles. The molecule has 2 aliphatic rings. The van der Waals surface area contributed by atoms with E-state index >= 15 is 0 Å². The van der Waals surface area contributed by atoms with E-state index in [2.05, 4.69) is 15.5 Å². The Hall–Kier alpha value is -1.38. The molecular formula is C15H21F3N4OS. The average Bonchev–Trinajstić information content (AvgIpc) is 3.31. The second kappa shape index (κ2) is 6.85. The van der Waals surface area contributed by atoms with Crippen molar-refractivity contribution in [1.82, 2.24) is 20.1 Å². The predicted octanol–water partition coefficient (Wildman–Crippen LogP) is 3.30. The first-order valence-corrected chi connectivity index (χ1v) is 8.78. The van der Waals surface area contributed by atoms with Crippen LogP contribution in [-0.2, 0) is 11.3 Å². The van der Waals surface area contributed by atoms with E-state index in [1.54, 1.807) is 0 Å². The zero-order valence-electron chi connectivity index (χ0n) is 13.2. The summed E-state index contributed by atoms with van der Waals surface area (Å²) < 4.78 is 41.6. The van der Waals surface area contributed by atoms with Gasteiger partial charge in [0.15, 0.2) is 4.77 Å².